The van der Waals surface area contributed by atoms with E-state index >= 15 is 0 Å². The fourth-order valence-electron chi connectivity index (χ4n) is 1.93. The molecule has 0 aliphatic rings. The van der Waals surface area contributed by atoms with Gasteiger partial charge in [-0.1, -0.05) is 0 Å². The second kappa shape index (κ2) is 6.85. The van der Waals surface area contributed by atoms with E-state index in [0.717, 1.165) is 17.0 Å². The van der Waals surface area contributed by atoms with Crippen molar-refractivity contribution in [1.29, 1.82) is 0 Å². The number of nitrogens with zero attached hydrogens (tertiary/aromatic N) is 2. The molecule has 0 aliphatic heterocycles. The Kier molecular flexibility index (Phi) is 4.89. The first kappa shape index (κ1) is 15.0. The maximum absolute atomic E-state index is 11.2. The van der Waals surface area contributed by atoms with Crippen LogP contribution in [0.15, 0.2) is 28.8 Å². The standard InChI is InChI=1S/C14H18N4O3/c1-10(19)16-14-13(8-15-2)18(17-21-14)9-11-4-6-12(20-3)7-5-11/h4-7,15H,8-9H2,1-3H3/p+1. The minimum atomic E-state index is -0.194. The molecule has 1 heterocycles. The van der Waals surface area contributed by atoms with E-state index < -0.39 is 0 Å². The van der Waals surface area contributed by atoms with E-state index in [9.17, 15) is 4.79 Å². The number of rotatable bonds is 6. The predicted molar refractivity (Wildman–Crippen MR) is 75.9 cm³/mol. The highest BCUT2D eigenvalue weighted by molar-refractivity contribution is 5.87. The third-order valence-electron chi connectivity index (χ3n) is 2.93. The number of carbonyl (C=O) groups is 1. The zero-order valence-electron chi connectivity index (χ0n) is 12.3. The van der Waals surface area contributed by atoms with Gasteiger partial charge in [0.1, 0.15) is 5.75 Å². The van der Waals surface area contributed by atoms with Crippen LogP contribution in [0, 0.1) is 0 Å². The Morgan fingerprint density at radius 1 is 1.38 bits per heavy atom. The lowest BCUT2D eigenvalue weighted by molar-refractivity contribution is -0.760. The molecule has 0 bridgehead atoms. The molecule has 2 aromatic rings. The summed E-state index contributed by atoms with van der Waals surface area (Å²) in [6, 6.07) is 7.70. The van der Waals surface area contributed by atoms with Gasteiger partial charge in [-0.15, -0.1) is 0 Å². The van der Waals surface area contributed by atoms with Crippen LogP contribution in [0.4, 0.5) is 5.88 Å². The van der Waals surface area contributed by atoms with Crippen LogP contribution in [0.2, 0.25) is 0 Å². The number of hydrogen-bond acceptors (Lipinski definition) is 5. The van der Waals surface area contributed by atoms with E-state index in [2.05, 4.69) is 15.9 Å². The molecule has 0 saturated carbocycles. The van der Waals surface area contributed by atoms with Gasteiger partial charge in [0.05, 0.1) is 13.7 Å². The Labute approximate surface area is 122 Å². The first-order valence-electron chi connectivity index (χ1n) is 6.58. The van der Waals surface area contributed by atoms with Crippen LogP contribution >= 0.6 is 0 Å². The van der Waals surface area contributed by atoms with Crippen LogP contribution in [0.5, 0.6) is 5.75 Å². The Hall–Kier alpha value is -2.41. The summed E-state index contributed by atoms with van der Waals surface area (Å²) in [4.78, 5) is 11.2. The van der Waals surface area contributed by atoms with Gasteiger partial charge in [-0.05, 0) is 36.0 Å². The van der Waals surface area contributed by atoms with Gasteiger partial charge in [-0.25, -0.2) is 0 Å². The van der Waals surface area contributed by atoms with Crippen molar-refractivity contribution in [2.24, 2.45) is 0 Å². The minimum Gasteiger partial charge on any atom is -0.497 e. The summed E-state index contributed by atoms with van der Waals surface area (Å²) in [5.74, 6) is 0.976. The monoisotopic (exact) mass is 291 g/mol. The molecule has 0 atom stereocenters. The topological polar surface area (TPSA) is 80.3 Å². The fourth-order valence-corrected chi connectivity index (χ4v) is 1.93. The molecule has 112 valence electrons. The van der Waals surface area contributed by atoms with E-state index in [0.29, 0.717) is 19.0 Å². The van der Waals surface area contributed by atoms with E-state index in [1.54, 1.807) is 11.8 Å². The molecule has 1 aromatic heterocycles. The van der Waals surface area contributed by atoms with Crippen LogP contribution in [0.1, 0.15) is 18.2 Å². The maximum Gasteiger partial charge on any atom is 0.306 e. The molecule has 2 N–H and O–H groups in total. The van der Waals surface area contributed by atoms with E-state index in [-0.39, 0.29) is 5.91 Å². The third kappa shape index (κ3) is 3.79. The van der Waals surface area contributed by atoms with Gasteiger partial charge >= 0.3 is 5.88 Å². The molecule has 1 amide bonds. The lowest BCUT2D eigenvalue weighted by Crippen LogP contribution is -2.41. The minimum absolute atomic E-state index is 0.194. The van der Waals surface area contributed by atoms with E-state index in [1.165, 1.54) is 6.92 Å². The lowest BCUT2D eigenvalue weighted by Gasteiger charge is -2.00. The number of anilines is 1. The largest absolute Gasteiger partial charge is 0.497 e. The summed E-state index contributed by atoms with van der Waals surface area (Å²) in [5, 5.41) is 9.65. The molecule has 0 radical (unpaired) electrons. The van der Waals surface area contributed by atoms with Gasteiger partial charge in [-0.3, -0.25) is 14.6 Å². The number of benzene rings is 1. The molecule has 21 heavy (non-hydrogen) atoms. The molecular weight excluding hydrogens is 272 g/mol. The number of aromatic nitrogens is 2. The summed E-state index contributed by atoms with van der Waals surface area (Å²) < 4.78 is 12.0. The fraction of sp³-hybridized carbons (Fsp3) is 0.357. The van der Waals surface area contributed by atoms with Crippen LogP contribution in [0.25, 0.3) is 0 Å². The Morgan fingerprint density at radius 3 is 2.67 bits per heavy atom. The van der Waals surface area contributed by atoms with Crippen molar-refractivity contribution in [2.75, 3.05) is 19.5 Å². The summed E-state index contributed by atoms with van der Waals surface area (Å²) in [6.07, 6.45) is 0. The van der Waals surface area contributed by atoms with E-state index in [1.807, 2.05) is 31.3 Å². The smallest absolute Gasteiger partial charge is 0.306 e. The first-order chi connectivity index (χ1) is 10.1. The average Bonchev–Trinajstić information content (AvgIpc) is 2.82. The van der Waals surface area contributed by atoms with Crippen molar-refractivity contribution in [3.8, 4) is 5.75 Å². The number of hydrogen-bond donors (Lipinski definition) is 2. The van der Waals surface area contributed by atoms with Crippen molar-refractivity contribution in [2.45, 2.75) is 20.0 Å². The highest BCUT2D eigenvalue weighted by Gasteiger charge is 2.24. The van der Waals surface area contributed by atoms with Crippen molar-refractivity contribution in [3.05, 3.63) is 35.5 Å². The lowest BCUT2D eigenvalue weighted by atomic mass is 10.2. The molecule has 0 aliphatic carbocycles. The van der Waals surface area contributed by atoms with Crippen molar-refractivity contribution in [1.82, 2.24) is 10.6 Å². The van der Waals surface area contributed by atoms with Crippen molar-refractivity contribution >= 4 is 11.8 Å². The van der Waals surface area contributed by atoms with Crippen LogP contribution < -0.4 is 20.1 Å². The Bertz CT molecular complexity index is 607. The quantitative estimate of drug-likeness (QED) is 0.766. The molecule has 2 rings (SSSR count). The second-order valence-corrected chi connectivity index (χ2v) is 4.57. The molecule has 0 saturated heterocycles. The number of carbonyl (C=O) groups excluding carboxylic acids is 1. The van der Waals surface area contributed by atoms with Gasteiger partial charge in [0.2, 0.25) is 17.7 Å². The molecule has 1 aromatic carbocycles. The number of ether oxygens (including phenoxy) is 1. The molecule has 7 nitrogen and oxygen atoms in total. The van der Waals surface area contributed by atoms with Crippen LogP contribution in [-0.4, -0.2) is 25.3 Å². The molecule has 7 heteroatoms. The number of amides is 1. The van der Waals surface area contributed by atoms with Gasteiger partial charge in [0.15, 0.2) is 0 Å². The molecular formula is C14H19N4O3+. The average molecular weight is 291 g/mol. The van der Waals surface area contributed by atoms with E-state index in [4.69, 9.17) is 9.26 Å². The van der Waals surface area contributed by atoms with Gasteiger partial charge < -0.3 is 10.1 Å². The summed E-state index contributed by atoms with van der Waals surface area (Å²) in [7, 11) is 3.45. The highest BCUT2D eigenvalue weighted by Crippen LogP contribution is 2.13. The number of methoxy groups -OCH3 is 1. The van der Waals surface area contributed by atoms with Gasteiger partial charge in [0, 0.05) is 12.5 Å². The zero-order valence-corrected chi connectivity index (χ0v) is 12.3. The van der Waals surface area contributed by atoms with Crippen molar-refractivity contribution < 1.29 is 18.7 Å². The summed E-state index contributed by atoms with van der Waals surface area (Å²) in [6.45, 7) is 2.51. The SMILES string of the molecule is CNCc1c(NC(C)=O)on[n+]1Cc1ccc(OC)cc1. The summed E-state index contributed by atoms with van der Waals surface area (Å²) in [5.41, 5.74) is 1.84. The Morgan fingerprint density at radius 2 is 2.10 bits per heavy atom. The van der Waals surface area contributed by atoms with Gasteiger partial charge in [-0.2, -0.15) is 0 Å². The molecule has 0 spiro atoms. The predicted octanol–water partition coefficient (Wildman–Crippen LogP) is 0.697. The highest BCUT2D eigenvalue weighted by atomic mass is 16.5. The zero-order chi connectivity index (χ0) is 15.2. The normalized spacial score (nSPS) is 10.4. The number of nitrogens with one attached hydrogen (secondary N) is 2. The van der Waals surface area contributed by atoms with Crippen LogP contribution in [-0.2, 0) is 17.9 Å². The molecule has 0 fully saturated rings. The summed E-state index contributed by atoms with van der Waals surface area (Å²) >= 11 is 0. The third-order valence-corrected chi connectivity index (χ3v) is 2.93. The van der Waals surface area contributed by atoms with Crippen molar-refractivity contribution in [3.63, 3.8) is 0 Å². The first-order valence-corrected chi connectivity index (χ1v) is 6.58. The maximum atomic E-state index is 11.2. The van der Waals surface area contributed by atoms with Crippen LogP contribution in [0.3, 0.4) is 0 Å². The Balaban J connectivity index is 2.21. The van der Waals surface area contributed by atoms with Gasteiger partial charge in [0.25, 0.3) is 5.69 Å². The molecule has 0 unspecified atom stereocenters. The second-order valence-electron chi connectivity index (χ2n) is 4.57.